The molecule has 0 unspecified atom stereocenters. The van der Waals surface area contributed by atoms with Crippen molar-refractivity contribution in [2.45, 2.75) is 24.8 Å². The number of sulfonamides is 1. The molecule has 2 aromatic carbocycles. The first-order valence-electron chi connectivity index (χ1n) is 8.69. The summed E-state index contributed by atoms with van der Waals surface area (Å²) in [6, 6.07) is 8.77. The Kier molecular flexibility index (Phi) is 5.78. The number of hydrogen-bond donors (Lipinski definition) is 3. The summed E-state index contributed by atoms with van der Waals surface area (Å²) in [5, 5.41) is 13.6. The van der Waals surface area contributed by atoms with Gasteiger partial charge in [-0.2, -0.15) is 4.72 Å². The fourth-order valence-electron chi connectivity index (χ4n) is 2.88. The van der Waals surface area contributed by atoms with Crippen LogP contribution in [0.5, 0.6) is 0 Å². The van der Waals surface area contributed by atoms with E-state index in [2.05, 4.69) is 14.8 Å². The monoisotopic (exact) mass is 436 g/mol. The molecule has 1 aromatic heterocycles. The van der Waals surface area contributed by atoms with Gasteiger partial charge in [0.25, 0.3) is 0 Å². The molecule has 0 saturated heterocycles. The molecule has 3 rings (SSSR count). The average molecular weight is 437 g/mol. The zero-order valence-corrected chi connectivity index (χ0v) is 17.6. The second-order valence-electron chi connectivity index (χ2n) is 6.77. The van der Waals surface area contributed by atoms with E-state index < -0.39 is 34.0 Å². The highest BCUT2D eigenvalue weighted by Crippen LogP contribution is 2.36. The van der Waals surface area contributed by atoms with E-state index >= 15 is 0 Å². The van der Waals surface area contributed by atoms with Crippen LogP contribution in [-0.4, -0.2) is 38.7 Å². The molecule has 0 saturated carbocycles. The van der Waals surface area contributed by atoms with E-state index in [0.29, 0.717) is 5.69 Å². The minimum Gasteiger partial charge on any atom is -0.480 e. The summed E-state index contributed by atoms with van der Waals surface area (Å²) < 4.78 is 33.9. The Hall–Kier alpha value is -2.69. The van der Waals surface area contributed by atoms with Crippen molar-refractivity contribution in [3.63, 3.8) is 0 Å². The Labute approximate surface area is 171 Å². The van der Waals surface area contributed by atoms with Gasteiger partial charge in [-0.25, -0.2) is 13.2 Å². The third kappa shape index (κ3) is 4.34. The third-order valence-corrected chi connectivity index (χ3v) is 6.97. The molecule has 29 heavy (non-hydrogen) atoms. The van der Waals surface area contributed by atoms with Gasteiger partial charge in [-0.3, -0.25) is 10.1 Å². The van der Waals surface area contributed by atoms with Gasteiger partial charge in [0.15, 0.2) is 0 Å². The van der Waals surface area contributed by atoms with Crippen LogP contribution in [0.15, 0.2) is 41.3 Å². The molecule has 1 atom stereocenters. The van der Waals surface area contributed by atoms with Crippen LogP contribution in [0.2, 0.25) is 0 Å². The molecule has 1 heterocycles. The number of carbonyl (C=O) groups excluding carboxylic acids is 1. The van der Waals surface area contributed by atoms with Gasteiger partial charge in [-0.05, 0) is 36.2 Å². The molecule has 3 N–H and O–H groups in total. The number of thiophene rings is 1. The number of ether oxygens (including phenoxy) is 1. The Bertz CT molecular complexity index is 1200. The molecule has 0 spiro atoms. The third-order valence-electron chi connectivity index (χ3n) is 4.40. The standard InChI is InChI=1S/C19H20N2O6S2/c1-10(2)17(18(22)23)21-29(25,26)12-5-6-13-14-8-11(20-19(24)27-3)4-7-15(14)28-16(13)9-12/h4-10,17,21H,1-3H3,(H,20,24)(H,22,23)/t17-/m1/s1. The summed E-state index contributed by atoms with van der Waals surface area (Å²) in [7, 11) is -2.73. The molecule has 8 nitrogen and oxygen atoms in total. The quantitative estimate of drug-likeness (QED) is 0.543. The first-order valence-corrected chi connectivity index (χ1v) is 11.0. The number of benzene rings is 2. The maximum Gasteiger partial charge on any atom is 0.411 e. The first kappa shape index (κ1) is 21.0. The number of fused-ring (bicyclic) bond motifs is 3. The predicted octanol–water partition coefficient (Wildman–Crippen LogP) is 3.62. The van der Waals surface area contributed by atoms with Crippen molar-refractivity contribution < 1.29 is 27.9 Å². The van der Waals surface area contributed by atoms with E-state index in [1.807, 2.05) is 6.07 Å². The average Bonchev–Trinajstić information content (AvgIpc) is 3.02. The zero-order chi connectivity index (χ0) is 21.3. The van der Waals surface area contributed by atoms with E-state index in [4.69, 9.17) is 0 Å². The van der Waals surface area contributed by atoms with Gasteiger partial charge >= 0.3 is 12.1 Å². The number of anilines is 1. The summed E-state index contributed by atoms with van der Waals surface area (Å²) in [5.74, 6) is -1.63. The lowest BCUT2D eigenvalue weighted by Crippen LogP contribution is -2.44. The van der Waals surface area contributed by atoms with Crippen molar-refractivity contribution in [1.82, 2.24) is 4.72 Å². The highest BCUT2D eigenvalue weighted by Gasteiger charge is 2.28. The smallest absolute Gasteiger partial charge is 0.411 e. The number of carbonyl (C=O) groups is 2. The van der Waals surface area contributed by atoms with Crippen molar-refractivity contribution in [2.75, 3.05) is 12.4 Å². The van der Waals surface area contributed by atoms with E-state index in [9.17, 15) is 23.1 Å². The maximum atomic E-state index is 12.7. The summed E-state index contributed by atoms with van der Waals surface area (Å²) in [4.78, 5) is 22.8. The number of carboxylic acid groups (broad SMARTS) is 1. The molecule has 154 valence electrons. The van der Waals surface area contributed by atoms with Gasteiger partial charge in [-0.15, -0.1) is 11.3 Å². The van der Waals surface area contributed by atoms with Gasteiger partial charge in [-0.1, -0.05) is 19.9 Å². The SMILES string of the molecule is COC(=O)Nc1ccc2sc3cc(S(=O)(=O)N[C@@H](C(=O)O)C(C)C)ccc3c2c1. The van der Waals surface area contributed by atoms with Crippen LogP contribution in [0.1, 0.15) is 13.8 Å². The Morgan fingerprint density at radius 1 is 1.07 bits per heavy atom. The lowest BCUT2D eigenvalue weighted by Gasteiger charge is -2.18. The maximum absolute atomic E-state index is 12.7. The molecule has 0 fully saturated rings. The second-order valence-corrected chi connectivity index (χ2v) is 9.57. The summed E-state index contributed by atoms with van der Waals surface area (Å²) in [6.07, 6.45) is -0.582. The molecule has 10 heteroatoms. The lowest BCUT2D eigenvalue weighted by molar-refractivity contribution is -0.140. The Morgan fingerprint density at radius 3 is 2.41 bits per heavy atom. The lowest BCUT2D eigenvalue weighted by atomic mass is 10.1. The van der Waals surface area contributed by atoms with Crippen LogP contribution in [0.3, 0.4) is 0 Å². The Morgan fingerprint density at radius 2 is 1.79 bits per heavy atom. The van der Waals surface area contributed by atoms with Gasteiger partial charge in [0, 0.05) is 25.9 Å². The fraction of sp³-hybridized carbons (Fsp3) is 0.263. The van der Waals surface area contributed by atoms with Crippen molar-refractivity contribution in [3.8, 4) is 0 Å². The molecule has 3 aromatic rings. The largest absolute Gasteiger partial charge is 0.480 e. The summed E-state index contributed by atoms with van der Waals surface area (Å²) in [6.45, 7) is 3.27. The minimum absolute atomic E-state index is 0.00337. The normalized spacial score (nSPS) is 13.0. The van der Waals surface area contributed by atoms with Gasteiger partial charge < -0.3 is 9.84 Å². The highest BCUT2D eigenvalue weighted by atomic mass is 32.2. The predicted molar refractivity (Wildman–Crippen MR) is 112 cm³/mol. The molecule has 0 aliphatic carbocycles. The van der Waals surface area contributed by atoms with E-state index in [0.717, 1.165) is 20.2 Å². The summed E-state index contributed by atoms with van der Waals surface area (Å²) >= 11 is 1.40. The van der Waals surface area contributed by atoms with Crippen LogP contribution in [0.4, 0.5) is 10.5 Å². The van der Waals surface area contributed by atoms with E-state index in [1.54, 1.807) is 32.0 Å². The van der Waals surface area contributed by atoms with Gasteiger partial charge in [0.1, 0.15) is 6.04 Å². The van der Waals surface area contributed by atoms with Gasteiger partial charge in [0.05, 0.1) is 12.0 Å². The molecule has 0 radical (unpaired) electrons. The molecule has 0 aliphatic heterocycles. The van der Waals surface area contributed by atoms with E-state index in [1.165, 1.54) is 30.6 Å². The molecule has 0 bridgehead atoms. The zero-order valence-electron chi connectivity index (χ0n) is 15.9. The van der Waals surface area contributed by atoms with Crippen LogP contribution in [-0.2, 0) is 19.6 Å². The van der Waals surface area contributed by atoms with Gasteiger partial charge in [0.2, 0.25) is 10.0 Å². The highest BCUT2D eigenvalue weighted by molar-refractivity contribution is 7.89. The number of rotatable bonds is 6. The van der Waals surface area contributed by atoms with Crippen molar-refractivity contribution in [2.24, 2.45) is 5.92 Å². The van der Waals surface area contributed by atoms with Crippen LogP contribution in [0.25, 0.3) is 20.2 Å². The van der Waals surface area contributed by atoms with E-state index in [-0.39, 0.29) is 4.90 Å². The van der Waals surface area contributed by atoms with Crippen LogP contribution in [0, 0.1) is 5.92 Å². The number of aliphatic carboxylic acids is 1. The van der Waals surface area contributed by atoms with Crippen molar-refractivity contribution >= 4 is 59.3 Å². The minimum atomic E-state index is -4.00. The topological polar surface area (TPSA) is 122 Å². The number of methoxy groups -OCH3 is 1. The fourth-order valence-corrected chi connectivity index (χ4v) is 5.44. The van der Waals surface area contributed by atoms with Crippen molar-refractivity contribution in [3.05, 3.63) is 36.4 Å². The molecule has 0 aliphatic rings. The number of nitrogens with one attached hydrogen (secondary N) is 2. The summed E-state index contributed by atoms with van der Waals surface area (Å²) in [5.41, 5.74) is 0.559. The number of carboxylic acids is 1. The first-order chi connectivity index (χ1) is 13.6. The number of amides is 1. The van der Waals surface area contributed by atoms with Crippen LogP contribution < -0.4 is 10.0 Å². The van der Waals surface area contributed by atoms with Crippen LogP contribution >= 0.6 is 11.3 Å². The molecular weight excluding hydrogens is 416 g/mol. The Balaban J connectivity index is 2.00. The number of hydrogen-bond acceptors (Lipinski definition) is 6. The molecule has 1 amide bonds. The second kappa shape index (κ2) is 7.97. The molecular formula is C19H20N2O6S2. The van der Waals surface area contributed by atoms with Crippen molar-refractivity contribution in [1.29, 1.82) is 0 Å².